The highest BCUT2D eigenvalue weighted by Gasteiger charge is 2.15. The largest absolute Gasteiger partial charge is 0.461 e. The molecule has 1 heterocycles. The van der Waals surface area contributed by atoms with Crippen LogP contribution in [-0.4, -0.2) is 17.6 Å². The Balaban J connectivity index is 2.38. The fourth-order valence-electron chi connectivity index (χ4n) is 1.66. The quantitative estimate of drug-likeness (QED) is 0.848. The summed E-state index contributed by atoms with van der Waals surface area (Å²) in [6.45, 7) is 2.02. The second-order valence-corrected chi connectivity index (χ2v) is 4.68. The lowest BCUT2D eigenvalue weighted by atomic mass is 10.1. The highest BCUT2D eigenvalue weighted by Crippen LogP contribution is 2.30. The molecule has 6 heteroatoms. The van der Waals surface area contributed by atoms with Gasteiger partial charge in [-0.15, -0.1) is 0 Å². The highest BCUT2D eigenvalue weighted by atomic mass is 35.5. The number of nitrogens with one attached hydrogen (secondary N) is 1. The minimum absolute atomic E-state index is 0.239. The lowest BCUT2D eigenvalue weighted by Gasteiger charge is -2.01. The van der Waals surface area contributed by atoms with E-state index in [4.69, 9.17) is 33.7 Å². The summed E-state index contributed by atoms with van der Waals surface area (Å²) in [6, 6.07) is 6.82. The molecular weight excluding hydrogens is 287 g/mol. The van der Waals surface area contributed by atoms with Gasteiger partial charge in [-0.3, -0.25) is 0 Å². The number of benzene rings is 1. The van der Waals surface area contributed by atoms with Gasteiger partial charge in [0.2, 0.25) is 0 Å². The van der Waals surface area contributed by atoms with E-state index in [1.165, 1.54) is 0 Å². The summed E-state index contributed by atoms with van der Waals surface area (Å²) in [4.78, 5) is 14.6. The predicted molar refractivity (Wildman–Crippen MR) is 76.6 cm³/mol. The maximum Gasteiger partial charge on any atom is 0.356 e. The maximum atomic E-state index is 11.7. The molecule has 0 fully saturated rings. The van der Waals surface area contributed by atoms with Gasteiger partial charge in [0.25, 0.3) is 0 Å². The molecule has 0 bridgehead atoms. The van der Waals surface area contributed by atoms with Crippen molar-refractivity contribution in [3.05, 3.63) is 40.0 Å². The van der Waals surface area contributed by atoms with Gasteiger partial charge in [-0.25, -0.2) is 4.79 Å². The number of anilines is 1. The standard InChI is InChI=1S/C13H12Cl2N2O2/c1-2-19-13(18)12-10(16)6-11(17-12)7-3-4-8(14)9(15)5-7/h3-6,17H,2,16H2,1H3. The maximum absolute atomic E-state index is 11.7. The van der Waals surface area contributed by atoms with Gasteiger partial charge in [0.05, 0.1) is 22.3 Å². The summed E-state index contributed by atoms with van der Waals surface area (Å²) in [6.07, 6.45) is 0. The van der Waals surface area contributed by atoms with E-state index in [0.717, 1.165) is 5.56 Å². The van der Waals surface area contributed by atoms with Crippen molar-refractivity contribution in [3.8, 4) is 11.3 Å². The van der Waals surface area contributed by atoms with E-state index in [9.17, 15) is 4.79 Å². The number of halogens is 2. The molecule has 0 aliphatic heterocycles. The number of aromatic amines is 1. The Morgan fingerprint density at radius 2 is 2.05 bits per heavy atom. The van der Waals surface area contributed by atoms with E-state index in [0.29, 0.717) is 28.0 Å². The monoisotopic (exact) mass is 298 g/mol. The SMILES string of the molecule is CCOC(=O)c1[nH]c(-c2ccc(Cl)c(Cl)c2)cc1N. The van der Waals surface area contributed by atoms with Crippen molar-refractivity contribution < 1.29 is 9.53 Å². The first-order valence-electron chi connectivity index (χ1n) is 5.64. The molecule has 100 valence electrons. The topological polar surface area (TPSA) is 68.1 Å². The van der Waals surface area contributed by atoms with Crippen molar-refractivity contribution in [1.82, 2.24) is 4.98 Å². The van der Waals surface area contributed by atoms with Crippen molar-refractivity contribution in [2.45, 2.75) is 6.92 Å². The number of hydrogen-bond donors (Lipinski definition) is 2. The smallest absolute Gasteiger partial charge is 0.356 e. The number of carbonyl (C=O) groups excluding carboxylic acids is 1. The first kappa shape index (κ1) is 13.8. The van der Waals surface area contributed by atoms with Crippen LogP contribution in [0.2, 0.25) is 10.0 Å². The molecule has 0 aliphatic rings. The Labute approximate surface area is 120 Å². The number of H-pyrrole nitrogens is 1. The van der Waals surface area contributed by atoms with Gasteiger partial charge < -0.3 is 15.5 Å². The first-order chi connectivity index (χ1) is 9.02. The number of aromatic nitrogens is 1. The average molecular weight is 299 g/mol. The summed E-state index contributed by atoms with van der Waals surface area (Å²) in [5, 5.41) is 0.903. The minimum atomic E-state index is -0.480. The molecule has 0 aliphatic carbocycles. The first-order valence-corrected chi connectivity index (χ1v) is 6.39. The molecule has 2 aromatic rings. The molecule has 1 aromatic carbocycles. The van der Waals surface area contributed by atoms with Crippen LogP contribution in [0.4, 0.5) is 5.69 Å². The molecule has 0 radical (unpaired) electrons. The Bertz CT molecular complexity index is 623. The average Bonchev–Trinajstić information content (AvgIpc) is 2.75. The lowest BCUT2D eigenvalue weighted by molar-refractivity contribution is 0.0521. The summed E-state index contributed by atoms with van der Waals surface area (Å²) < 4.78 is 4.90. The molecule has 4 nitrogen and oxygen atoms in total. The molecule has 2 rings (SSSR count). The zero-order chi connectivity index (χ0) is 14.0. The van der Waals surface area contributed by atoms with E-state index in [2.05, 4.69) is 4.98 Å². The number of nitrogens with two attached hydrogens (primary N) is 1. The predicted octanol–water partition coefficient (Wildman–Crippen LogP) is 3.75. The molecule has 19 heavy (non-hydrogen) atoms. The van der Waals surface area contributed by atoms with E-state index < -0.39 is 5.97 Å². The van der Waals surface area contributed by atoms with Crippen molar-refractivity contribution in [2.24, 2.45) is 0 Å². The number of carbonyl (C=O) groups is 1. The van der Waals surface area contributed by atoms with Gasteiger partial charge in [-0.05, 0) is 30.7 Å². The van der Waals surface area contributed by atoms with Crippen LogP contribution in [0.15, 0.2) is 24.3 Å². The summed E-state index contributed by atoms with van der Waals surface area (Å²) in [7, 11) is 0. The summed E-state index contributed by atoms with van der Waals surface area (Å²) in [5.74, 6) is -0.480. The van der Waals surface area contributed by atoms with Gasteiger partial charge >= 0.3 is 5.97 Å². The van der Waals surface area contributed by atoms with Gasteiger partial charge in [0.15, 0.2) is 0 Å². The molecule has 0 saturated carbocycles. The molecule has 1 aromatic heterocycles. The van der Waals surface area contributed by atoms with E-state index in [-0.39, 0.29) is 5.69 Å². The molecule has 0 amide bonds. The molecule has 3 N–H and O–H groups in total. The molecule has 0 spiro atoms. The second kappa shape index (κ2) is 5.55. The van der Waals surface area contributed by atoms with Crippen LogP contribution >= 0.6 is 23.2 Å². The van der Waals surface area contributed by atoms with Crippen LogP contribution in [0.3, 0.4) is 0 Å². The van der Waals surface area contributed by atoms with Crippen molar-refractivity contribution in [1.29, 1.82) is 0 Å². The Kier molecular flexibility index (Phi) is 4.02. The summed E-state index contributed by atoms with van der Waals surface area (Å²) >= 11 is 11.8. The molecular formula is C13H12Cl2N2O2. The highest BCUT2D eigenvalue weighted by molar-refractivity contribution is 6.42. The minimum Gasteiger partial charge on any atom is -0.461 e. The second-order valence-electron chi connectivity index (χ2n) is 3.86. The van der Waals surface area contributed by atoms with Crippen molar-refractivity contribution in [2.75, 3.05) is 12.3 Å². The fraction of sp³-hybridized carbons (Fsp3) is 0.154. The number of ether oxygens (including phenoxy) is 1. The molecule has 0 atom stereocenters. The Hall–Kier alpha value is -1.65. The van der Waals surface area contributed by atoms with E-state index in [1.54, 1.807) is 31.2 Å². The van der Waals surface area contributed by atoms with Gasteiger partial charge in [0, 0.05) is 5.69 Å². The van der Waals surface area contributed by atoms with Crippen molar-refractivity contribution >= 4 is 34.9 Å². The Morgan fingerprint density at radius 1 is 1.32 bits per heavy atom. The zero-order valence-electron chi connectivity index (χ0n) is 10.2. The van der Waals surface area contributed by atoms with Gasteiger partial charge in [0.1, 0.15) is 5.69 Å². The van der Waals surface area contributed by atoms with Crippen LogP contribution in [0.25, 0.3) is 11.3 Å². The van der Waals surface area contributed by atoms with Crippen LogP contribution in [0, 0.1) is 0 Å². The van der Waals surface area contributed by atoms with Crippen LogP contribution in [0.1, 0.15) is 17.4 Å². The normalized spacial score (nSPS) is 10.5. The van der Waals surface area contributed by atoms with E-state index >= 15 is 0 Å². The third kappa shape index (κ3) is 2.85. The van der Waals surface area contributed by atoms with E-state index in [1.807, 2.05) is 0 Å². The lowest BCUT2D eigenvalue weighted by Crippen LogP contribution is -2.07. The zero-order valence-corrected chi connectivity index (χ0v) is 11.7. The third-order valence-electron chi connectivity index (χ3n) is 2.56. The Morgan fingerprint density at radius 3 is 2.68 bits per heavy atom. The number of esters is 1. The van der Waals surface area contributed by atoms with Gasteiger partial charge in [-0.1, -0.05) is 29.3 Å². The number of hydrogen-bond acceptors (Lipinski definition) is 3. The van der Waals surface area contributed by atoms with Crippen LogP contribution in [-0.2, 0) is 4.74 Å². The summed E-state index contributed by atoms with van der Waals surface area (Å²) in [5.41, 5.74) is 7.83. The van der Waals surface area contributed by atoms with Crippen LogP contribution in [0.5, 0.6) is 0 Å². The fourth-order valence-corrected chi connectivity index (χ4v) is 1.96. The van der Waals surface area contributed by atoms with Crippen molar-refractivity contribution in [3.63, 3.8) is 0 Å². The molecule has 0 saturated heterocycles. The molecule has 0 unspecified atom stereocenters. The van der Waals surface area contributed by atoms with Crippen LogP contribution < -0.4 is 5.73 Å². The number of rotatable bonds is 3. The van der Waals surface area contributed by atoms with Gasteiger partial charge in [-0.2, -0.15) is 0 Å². The third-order valence-corrected chi connectivity index (χ3v) is 3.30. The number of nitrogen functional groups attached to an aromatic ring is 1.